The van der Waals surface area contributed by atoms with E-state index in [1.165, 1.54) is 0 Å². The van der Waals surface area contributed by atoms with E-state index in [1.54, 1.807) is 0 Å². The minimum atomic E-state index is -0.205. The zero-order chi connectivity index (χ0) is 8.72. The van der Waals surface area contributed by atoms with Crippen LogP contribution >= 0.6 is 0 Å². The van der Waals surface area contributed by atoms with E-state index >= 15 is 0 Å². The van der Waals surface area contributed by atoms with Gasteiger partial charge in [0.25, 0.3) is 0 Å². The molecule has 12 heavy (non-hydrogen) atoms. The molecule has 0 unspecified atom stereocenters. The number of ether oxygens (including phenoxy) is 1. The number of esters is 1. The standard InChI is InChI=1S/C8H12O4/c9-1-4-5(2-10)7-6(4)3-12-8(7)11/h4-7,9-10H,1-3H2/t4-,5-,6+,7-/m1/s1. The van der Waals surface area contributed by atoms with Crippen molar-refractivity contribution in [3.05, 3.63) is 0 Å². The van der Waals surface area contributed by atoms with Gasteiger partial charge >= 0.3 is 5.97 Å². The normalized spacial score (nSPS) is 45.0. The molecule has 1 saturated carbocycles. The maximum Gasteiger partial charge on any atom is 0.309 e. The highest BCUT2D eigenvalue weighted by molar-refractivity contribution is 5.76. The Bertz CT molecular complexity index is 203. The Balaban J connectivity index is 2.09. The van der Waals surface area contributed by atoms with E-state index < -0.39 is 0 Å². The smallest absolute Gasteiger partial charge is 0.309 e. The molecule has 0 aromatic carbocycles. The van der Waals surface area contributed by atoms with Gasteiger partial charge in [0.2, 0.25) is 0 Å². The molecule has 4 atom stereocenters. The van der Waals surface area contributed by atoms with Crippen LogP contribution in [-0.2, 0) is 9.53 Å². The molecule has 4 nitrogen and oxygen atoms in total. The molecule has 1 saturated heterocycles. The monoisotopic (exact) mass is 172 g/mol. The van der Waals surface area contributed by atoms with Gasteiger partial charge in [-0.05, 0) is 5.92 Å². The fraction of sp³-hybridized carbons (Fsp3) is 0.875. The summed E-state index contributed by atoms with van der Waals surface area (Å²) in [5.74, 6) is -0.211. The zero-order valence-electron chi connectivity index (χ0n) is 6.64. The van der Waals surface area contributed by atoms with Crippen LogP contribution in [0, 0.1) is 23.7 Å². The Morgan fingerprint density at radius 2 is 2.00 bits per heavy atom. The van der Waals surface area contributed by atoms with Crippen LogP contribution in [0.3, 0.4) is 0 Å². The molecule has 0 aromatic rings. The van der Waals surface area contributed by atoms with Crippen LogP contribution in [0.25, 0.3) is 0 Å². The summed E-state index contributed by atoms with van der Waals surface area (Å²) in [6.07, 6.45) is 0. The summed E-state index contributed by atoms with van der Waals surface area (Å²) < 4.78 is 4.84. The summed E-state index contributed by atoms with van der Waals surface area (Å²) in [6.45, 7) is 0.440. The first-order valence-electron chi connectivity index (χ1n) is 4.18. The van der Waals surface area contributed by atoms with E-state index in [4.69, 9.17) is 14.9 Å². The van der Waals surface area contributed by atoms with Crippen LogP contribution in [0.4, 0.5) is 0 Å². The van der Waals surface area contributed by atoms with Gasteiger partial charge in [0.15, 0.2) is 0 Å². The Morgan fingerprint density at radius 3 is 2.58 bits per heavy atom. The fourth-order valence-electron chi connectivity index (χ4n) is 2.39. The van der Waals surface area contributed by atoms with Crippen LogP contribution in [0.15, 0.2) is 0 Å². The highest BCUT2D eigenvalue weighted by Gasteiger charge is 2.57. The van der Waals surface area contributed by atoms with Crippen LogP contribution in [0.2, 0.25) is 0 Å². The Hall–Kier alpha value is -0.610. The summed E-state index contributed by atoms with van der Waals surface area (Å²) >= 11 is 0. The second-order valence-electron chi connectivity index (χ2n) is 3.51. The summed E-state index contributed by atoms with van der Waals surface area (Å²) in [4.78, 5) is 11.1. The lowest BCUT2D eigenvalue weighted by atomic mass is 9.58. The Morgan fingerprint density at radius 1 is 1.33 bits per heavy atom. The summed E-state index contributed by atoms with van der Waals surface area (Å²) in [6, 6.07) is 0. The van der Waals surface area contributed by atoms with E-state index in [0.29, 0.717) is 6.61 Å². The SMILES string of the molecule is O=C1OC[C@H]2[C@H](CO)[C@@H](CO)[C@@H]12. The molecular formula is C8H12O4. The number of fused-ring (bicyclic) bond motifs is 1. The van der Waals surface area contributed by atoms with Crippen LogP contribution in [0.1, 0.15) is 0 Å². The molecule has 0 radical (unpaired) electrons. The second-order valence-corrected chi connectivity index (χ2v) is 3.51. The first kappa shape index (κ1) is 8.01. The largest absolute Gasteiger partial charge is 0.465 e. The van der Waals surface area contributed by atoms with E-state index in [9.17, 15) is 4.79 Å². The topological polar surface area (TPSA) is 66.8 Å². The fourth-order valence-corrected chi connectivity index (χ4v) is 2.39. The predicted octanol–water partition coefficient (Wildman–Crippen LogP) is -0.994. The van der Waals surface area contributed by atoms with E-state index in [-0.39, 0.29) is 42.9 Å². The van der Waals surface area contributed by atoms with Gasteiger partial charge in [-0.15, -0.1) is 0 Å². The van der Waals surface area contributed by atoms with Crippen LogP contribution in [0.5, 0.6) is 0 Å². The molecule has 2 fully saturated rings. The van der Waals surface area contributed by atoms with E-state index in [1.807, 2.05) is 0 Å². The van der Waals surface area contributed by atoms with Crippen molar-refractivity contribution >= 4 is 5.97 Å². The second kappa shape index (κ2) is 2.71. The lowest BCUT2D eigenvalue weighted by Gasteiger charge is -2.43. The number of hydrogen-bond acceptors (Lipinski definition) is 4. The molecule has 1 heterocycles. The molecule has 2 rings (SSSR count). The molecule has 1 aliphatic heterocycles. The maximum absolute atomic E-state index is 11.1. The molecule has 2 N–H and O–H groups in total. The highest BCUT2D eigenvalue weighted by Crippen LogP contribution is 2.49. The third-order valence-corrected chi connectivity index (χ3v) is 3.13. The number of carbonyl (C=O) groups excluding carboxylic acids is 1. The average molecular weight is 172 g/mol. The Kier molecular flexibility index (Phi) is 1.81. The van der Waals surface area contributed by atoms with Crippen molar-refractivity contribution in [1.82, 2.24) is 0 Å². The third kappa shape index (κ3) is 0.820. The number of carbonyl (C=O) groups is 1. The quantitative estimate of drug-likeness (QED) is 0.525. The lowest BCUT2D eigenvalue weighted by molar-refractivity contribution is -0.148. The van der Waals surface area contributed by atoms with Gasteiger partial charge < -0.3 is 14.9 Å². The van der Waals surface area contributed by atoms with Crippen molar-refractivity contribution in [1.29, 1.82) is 0 Å². The number of aliphatic hydroxyl groups is 2. The molecule has 2 aliphatic rings. The van der Waals surface area contributed by atoms with Crippen molar-refractivity contribution in [3.63, 3.8) is 0 Å². The van der Waals surface area contributed by atoms with Crippen molar-refractivity contribution in [3.8, 4) is 0 Å². The summed E-state index contributed by atoms with van der Waals surface area (Å²) in [7, 11) is 0. The van der Waals surface area contributed by atoms with E-state index in [2.05, 4.69) is 0 Å². The number of aliphatic hydroxyl groups excluding tert-OH is 2. The van der Waals surface area contributed by atoms with Gasteiger partial charge in [0.1, 0.15) is 0 Å². The van der Waals surface area contributed by atoms with Gasteiger partial charge in [0.05, 0.1) is 12.5 Å². The summed E-state index contributed by atoms with van der Waals surface area (Å²) in [5, 5.41) is 17.9. The van der Waals surface area contributed by atoms with Gasteiger partial charge in [-0.2, -0.15) is 0 Å². The predicted molar refractivity (Wildman–Crippen MR) is 39.1 cm³/mol. The molecule has 68 valence electrons. The molecule has 1 aliphatic carbocycles. The zero-order valence-corrected chi connectivity index (χ0v) is 6.64. The highest BCUT2D eigenvalue weighted by atomic mass is 16.5. The van der Waals surface area contributed by atoms with Gasteiger partial charge in [0, 0.05) is 25.0 Å². The summed E-state index contributed by atoms with van der Waals surface area (Å²) in [5.41, 5.74) is 0. The van der Waals surface area contributed by atoms with E-state index in [0.717, 1.165) is 0 Å². The van der Waals surface area contributed by atoms with Crippen molar-refractivity contribution in [2.75, 3.05) is 19.8 Å². The maximum atomic E-state index is 11.1. The number of hydrogen-bond donors (Lipinski definition) is 2. The molecule has 0 spiro atoms. The first-order chi connectivity index (χ1) is 5.79. The molecule has 0 amide bonds. The number of rotatable bonds is 2. The molecule has 0 aromatic heterocycles. The van der Waals surface area contributed by atoms with Crippen molar-refractivity contribution in [2.45, 2.75) is 0 Å². The van der Waals surface area contributed by atoms with Gasteiger partial charge in [-0.25, -0.2) is 0 Å². The molecular weight excluding hydrogens is 160 g/mol. The van der Waals surface area contributed by atoms with Crippen LogP contribution < -0.4 is 0 Å². The van der Waals surface area contributed by atoms with Gasteiger partial charge in [-0.3, -0.25) is 4.79 Å². The number of cyclic esters (lactones) is 1. The minimum Gasteiger partial charge on any atom is -0.465 e. The molecule has 4 heteroatoms. The first-order valence-corrected chi connectivity index (χ1v) is 4.18. The van der Waals surface area contributed by atoms with Crippen molar-refractivity contribution in [2.24, 2.45) is 23.7 Å². The minimum absolute atomic E-state index is 0.0263. The van der Waals surface area contributed by atoms with Gasteiger partial charge in [-0.1, -0.05) is 0 Å². The van der Waals surface area contributed by atoms with Crippen molar-refractivity contribution < 1.29 is 19.7 Å². The average Bonchev–Trinajstić information content (AvgIpc) is 2.31. The third-order valence-electron chi connectivity index (χ3n) is 3.13. The van der Waals surface area contributed by atoms with Crippen LogP contribution in [-0.4, -0.2) is 36.0 Å². The Labute approximate surface area is 70.1 Å². The lowest BCUT2D eigenvalue weighted by Crippen LogP contribution is -2.50. The molecule has 0 bridgehead atoms.